The van der Waals surface area contributed by atoms with Gasteiger partial charge < -0.3 is 45.1 Å². The zero-order chi connectivity index (χ0) is 51.0. The highest BCUT2D eigenvalue weighted by molar-refractivity contribution is 5.76. The number of allylic oxidation sites excluding steroid dienone is 5. The number of hydrogen-bond donors (Lipinski definition) is 6. The zero-order valence-electron chi connectivity index (χ0n) is 45.0. The molecule has 0 bridgehead atoms. The third-order valence-corrected chi connectivity index (χ3v) is 13.7. The smallest absolute Gasteiger partial charge is 0.305 e. The summed E-state index contributed by atoms with van der Waals surface area (Å²) >= 11 is 0. The van der Waals surface area contributed by atoms with Gasteiger partial charge in [0.05, 0.1) is 32.0 Å². The van der Waals surface area contributed by atoms with E-state index in [2.05, 4.69) is 43.5 Å². The number of aliphatic hydroxyl groups excluding tert-OH is 5. The summed E-state index contributed by atoms with van der Waals surface area (Å²) in [6.45, 7) is 4.28. The quantitative estimate of drug-likeness (QED) is 0.0195. The van der Waals surface area contributed by atoms with Crippen LogP contribution in [0, 0.1) is 0 Å². The summed E-state index contributed by atoms with van der Waals surface area (Å²) in [6, 6.07) is -0.819. The lowest BCUT2D eigenvalue weighted by Crippen LogP contribution is -2.60. The molecule has 70 heavy (non-hydrogen) atoms. The van der Waals surface area contributed by atoms with Crippen molar-refractivity contribution < 1.29 is 49.3 Å². The van der Waals surface area contributed by atoms with E-state index in [-0.39, 0.29) is 18.5 Å². The third kappa shape index (κ3) is 38.5. The van der Waals surface area contributed by atoms with E-state index in [4.69, 9.17) is 14.2 Å². The minimum Gasteiger partial charge on any atom is -0.466 e. The van der Waals surface area contributed by atoms with Gasteiger partial charge in [0.1, 0.15) is 24.4 Å². The van der Waals surface area contributed by atoms with Crippen LogP contribution >= 0.6 is 0 Å². The van der Waals surface area contributed by atoms with Crippen LogP contribution in [0.5, 0.6) is 0 Å². The van der Waals surface area contributed by atoms with Crippen molar-refractivity contribution in [3.05, 3.63) is 36.5 Å². The van der Waals surface area contributed by atoms with E-state index >= 15 is 0 Å². The maximum atomic E-state index is 13.0. The molecule has 1 heterocycles. The molecule has 1 amide bonds. The van der Waals surface area contributed by atoms with Crippen LogP contribution in [0.15, 0.2) is 36.5 Å². The number of carbonyl (C=O) groups excluding carboxylic acids is 2. The first kappa shape index (κ1) is 65.9. The lowest BCUT2D eigenvalue weighted by molar-refractivity contribution is -0.302. The molecule has 0 radical (unpaired) electrons. The molecule has 7 atom stereocenters. The second kappa shape index (κ2) is 49.1. The largest absolute Gasteiger partial charge is 0.466 e. The van der Waals surface area contributed by atoms with Gasteiger partial charge in [-0.2, -0.15) is 0 Å². The Morgan fingerprint density at radius 1 is 0.514 bits per heavy atom. The van der Waals surface area contributed by atoms with Crippen LogP contribution in [-0.2, 0) is 23.8 Å². The minimum atomic E-state index is -1.57. The van der Waals surface area contributed by atoms with Gasteiger partial charge >= 0.3 is 5.97 Å². The second-order valence-electron chi connectivity index (χ2n) is 20.3. The van der Waals surface area contributed by atoms with E-state index in [0.717, 1.165) is 89.9 Å². The molecule has 1 aliphatic rings. The van der Waals surface area contributed by atoms with Gasteiger partial charge in [0.25, 0.3) is 0 Å². The van der Waals surface area contributed by atoms with Gasteiger partial charge in [-0.1, -0.05) is 204 Å². The molecule has 11 heteroatoms. The van der Waals surface area contributed by atoms with Crippen LogP contribution in [0.2, 0.25) is 0 Å². The predicted molar refractivity (Wildman–Crippen MR) is 287 cm³/mol. The Morgan fingerprint density at radius 3 is 1.37 bits per heavy atom. The van der Waals surface area contributed by atoms with E-state index < -0.39 is 49.5 Å². The van der Waals surface area contributed by atoms with E-state index in [1.807, 2.05) is 6.08 Å². The Morgan fingerprint density at radius 2 is 0.914 bits per heavy atom. The SMILES string of the molecule is CCCCCCCC/C=C\CCCCCCCC(=O)OCCCCCCCCCCC/C=C\CCCCCCCC(=O)NC(COC1OC(CO)C(O)C(O)C1O)C(O)/C=C/CCCCCCCCC. The Balaban J connectivity index is 2.05. The Kier molecular flexibility index (Phi) is 46.2. The van der Waals surface area contributed by atoms with Gasteiger partial charge in [-0.05, 0) is 83.5 Å². The Hall–Kier alpha value is -2.12. The van der Waals surface area contributed by atoms with E-state index in [1.54, 1.807) is 6.08 Å². The maximum Gasteiger partial charge on any atom is 0.305 e. The average molecular weight is 993 g/mol. The molecule has 1 rings (SSSR count). The topological polar surface area (TPSA) is 175 Å². The molecule has 7 unspecified atom stereocenters. The molecule has 11 nitrogen and oxygen atoms in total. The molecule has 410 valence electrons. The van der Waals surface area contributed by atoms with Crippen LogP contribution in [-0.4, -0.2) is 100 Å². The van der Waals surface area contributed by atoms with Crippen LogP contribution in [0.4, 0.5) is 0 Å². The highest BCUT2D eigenvalue weighted by Gasteiger charge is 2.44. The van der Waals surface area contributed by atoms with Crippen molar-refractivity contribution in [2.75, 3.05) is 19.8 Å². The monoisotopic (exact) mass is 992 g/mol. The van der Waals surface area contributed by atoms with Crippen molar-refractivity contribution in [1.29, 1.82) is 0 Å². The molecule has 0 saturated carbocycles. The molecule has 0 aromatic carbocycles. The van der Waals surface area contributed by atoms with Crippen LogP contribution in [0.3, 0.4) is 0 Å². The summed E-state index contributed by atoms with van der Waals surface area (Å²) in [5, 5.41) is 54.1. The van der Waals surface area contributed by atoms with Gasteiger partial charge in [-0.3, -0.25) is 9.59 Å². The number of aliphatic hydroxyl groups is 5. The number of esters is 1. The molecule has 1 fully saturated rings. The lowest BCUT2D eigenvalue weighted by Gasteiger charge is -2.40. The number of unbranched alkanes of at least 4 members (excludes halogenated alkanes) is 32. The van der Waals surface area contributed by atoms with Crippen molar-refractivity contribution in [3.8, 4) is 0 Å². The van der Waals surface area contributed by atoms with Crippen molar-refractivity contribution in [2.45, 2.75) is 307 Å². The minimum absolute atomic E-state index is 0.0212. The van der Waals surface area contributed by atoms with Gasteiger partial charge in [0.2, 0.25) is 5.91 Å². The van der Waals surface area contributed by atoms with Crippen molar-refractivity contribution in [1.82, 2.24) is 5.32 Å². The number of carbonyl (C=O) groups is 2. The fraction of sp³-hybridized carbons (Fsp3) is 0.864. The predicted octanol–water partition coefficient (Wildman–Crippen LogP) is 13.1. The standard InChI is InChI=1S/C59H109NO10/c1-3-5-7-9-11-13-14-15-20-24-27-31-35-39-43-47-55(64)68-48-44-40-36-32-28-25-22-19-17-16-18-21-23-26-30-34-38-42-46-54(63)60-51(52(62)45-41-37-33-29-12-10-8-6-4-2)50-69-59-58(67)57(66)56(65)53(49-61)70-59/h15,18,20-21,41,45,51-53,56-59,61-62,65-67H,3-14,16-17,19,22-40,42-44,46-50H2,1-2H3,(H,60,63)/b20-15-,21-18-,45-41+. The molecule has 0 spiro atoms. The van der Waals surface area contributed by atoms with Crippen molar-refractivity contribution in [3.63, 3.8) is 0 Å². The van der Waals surface area contributed by atoms with Gasteiger partial charge in [-0.25, -0.2) is 0 Å². The first-order chi connectivity index (χ1) is 34.2. The van der Waals surface area contributed by atoms with E-state index in [0.29, 0.717) is 19.4 Å². The summed E-state index contributed by atoms with van der Waals surface area (Å²) in [4.78, 5) is 25.0. The fourth-order valence-corrected chi connectivity index (χ4v) is 9.01. The summed E-state index contributed by atoms with van der Waals surface area (Å²) in [5.74, 6) is -0.220. The first-order valence-electron chi connectivity index (χ1n) is 29.3. The summed E-state index contributed by atoms with van der Waals surface area (Å²) in [5.41, 5.74) is 0. The second-order valence-corrected chi connectivity index (χ2v) is 20.3. The Bertz CT molecular complexity index is 1260. The summed E-state index contributed by atoms with van der Waals surface area (Å²) in [7, 11) is 0. The lowest BCUT2D eigenvalue weighted by atomic mass is 9.99. The molecule has 0 aromatic heterocycles. The Labute approximate surface area is 428 Å². The fourth-order valence-electron chi connectivity index (χ4n) is 9.01. The van der Waals surface area contributed by atoms with Crippen LogP contribution in [0.25, 0.3) is 0 Å². The number of nitrogens with one attached hydrogen (secondary N) is 1. The molecule has 0 aromatic rings. The zero-order valence-corrected chi connectivity index (χ0v) is 45.0. The summed E-state index contributed by atoms with van der Waals surface area (Å²) in [6.07, 6.45) is 49.6. The number of ether oxygens (including phenoxy) is 3. The normalized spacial score (nSPS) is 19.4. The van der Waals surface area contributed by atoms with Crippen molar-refractivity contribution >= 4 is 11.9 Å². The molecule has 0 aliphatic carbocycles. The summed E-state index contributed by atoms with van der Waals surface area (Å²) < 4.78 is 16.7. The van der Waals surface area contributed by atoms with Gasteiger partial charge in [0.15, 0.2) is 6.29 Å². The van der Waals surface area contributed by atoms with Crippen LogP contribution in [0.1, 0.15) is 264 Å². The first-order valence-corrected chi connectivity index (χ1v) is 29.3. The van der Waals surface area contributed by atoms with Crippen LogP contribution < -0.4 is 5.32 Å². The number of amides is 1. The molecular formula is C59H109NO10. The van der Waals surface area contributed by atoms with Gasteiger partial charge in [0, 0.05) is 12.8 Å². The number of hydrogen-bond acceptors (Lipinski definition) is 10. The van der Waals surface area contributed by atoms with Gasteiger partial charge in [-0.15, -0.1) is 0 Å². The molecule has 6 N–H and O–H groups in total. The van der Waals surface area contributed by atoms with E-state index in [9.17, 15) is 35.1 Å². The average Bonchev–Trinajstić information content (AvgIpc) is 3.36. The third-order valence-electron chi connectivity index (χ3n) is 13.7. The number of rotatable bonds is 50. The molecule has 1 aliphatic heterocycles. The molecule has 1 saturated heterocycles. The highest BCUT2D eigenvalue weighted by atomic mass is 16.7. The molecular weight excluding hydrogens is 883 g/mol. The maximum absolute atomic E-state index is 13.0. The van der Waals surface area contributed by atoms with E-state index in [1.165, 1.54) is 148 Å². The van der Waals surface area contributed by atoms with Crippen molar-refractivity contribution in [2.24, 2.45) is 0 Å². The highest BCUT2D eigenvalue weighted by Crippen LogP contribution is 2.23.